The van der Waals surface area contributed by atoms with Gasteiger partial charge in [0.2, 0.25) is 11.8 Å². The van der Waals surface area contributed by atoms with Crippen LogP contribution in [0, 0.1) is 18.3 Å². The van der Waals surface area contributed by atoms with Crippen molar-refractivity contribution in [3.63, 3.8) is 0 Å². The molecule has 1 aromatic heterocycles. The Labute approximate surface area is 169 Å². The van der Waals surface area contributed by atoms with Crippen molar-refractivity contribution in [2.45, 2.75) is 50.6 Å². The van der Waals surface area contributed by atoms with Crippen LogP contribution in [0.2, 0.25) is 5.02 Å². The highest BCUT2D eigenvalue weighted by molar-refractivity contribution is 6.33. The van der Waals surface area contributed by atoms with Crippen molar-refractivity contribution < 1.29 is 9.21 Å². The molecule has 28 heavy (non-hydrogen) atoms. The largest absolute Gasteiger partial charge is 0.441 e. The highest BCUT2D eigenvalue weighted by atomic mass is 35.5. The van der Waals surface area contributed by atoms with E-state index < -0.39 is 0 Å². The molecule has 1 amide bonds. The number of halogens is 1. The van der Waals surface area contributed by atoms with Gasteiger partial charge in [-0.2, -0.15) is 5.26 Å². The number of carbonyl (C=O) groups excluding carboxylic acids is 1. The van der Waals surface area contributed by atoms with Gasteiger partial charge >= 0.3 is 0 Å². The maximum atomic E-state index is 12.5. The van der Waals surface area contributed by atoms with Gasteiger partial charge in [-0.05, 0) is 44.7 Å². The zero-order valence-corrected chi connectivity index (χ0v) is 16.6. The van der Waals surface area contributed by atoms with Gasteiger partial charge in [0.1, 0.15) is 11.8 Å². The Hall–Kier alpha value is -2.36. The fourth-order valence-corrected chi connectivity index (χ4v) is 4.01. The van der Waals surface area contributed by atoms with Crippen LogP contribution in [-0.4, -0.2) is 40.5 Å². The minimum Gasteiger partial charge on any atom is -0.441 e. The Kier molecular flexibility index (Phi) is 5.13. The number of nitrogens with one attached hydrogen (secondary N) is 1. The molecule has 0 bridgehead atoms. The maximum Gasteiger partial charge on any atom is 0.237 e. The molecule has 4 rings (SSSR count). The van der Waals surface area contributed by atoms with Gasteiger partial charge in [0.05, 0.1) is 28.9 Å². The number of nitriles is 1. The second-order valence-electron chi connectivity index (χ2n) is 7.69. The third-order valence-corrected chi connectivity index (χ3v) is 6.02. The number of carbonyl (C=O) groups is 1. The molecule has 2 aromatic rings. The van der Waals surface area contributed by atoms with E-state index in [2.05, 4.69) is 16.4 Å². The van der Waals surface area contributed by atoms with Crippen molar-refractivity contribution in [2.75, 3.05) is 13.1 Å². The average molecular weight is 399 g/mol. The number of hydrogen-bond acceptors (Lipinski definition) is 5. The van der Waals surface area contributed by atoms with Crippen molar-refractivity contribution in [1.82, 2.24) is 15.2 Å². The lowest BCUT2D eigenvalue weighted by atomic mass is 10.1. The lowest BCUT2D eigenvalue weighted by Gasteiger charge is -2.22. The van der Waals surface area contributed by atoms with Gasteiger partial charge in [0.25, 0.3) is 0 Å². The molecule has 1 aliphatic carbocycles. The zero-order valence-electron chi connectivity index (χ0n) is 15.9. The van der Waals surface area contributed by atoms with Crippen LogP contribution in [0.3, 0.4) is 0 Å². The molecular weight excluding hydrogens is 376 g/mol. The Morgan fingerprint density at radius 1 is 1.46 bits per heavy atom. The lowest BCUT2D eigenvalue weighted by Crippen LogP contribution is -2.45. The predicted octanol–water partition coefficient (Wildman–Crippen LogP) is 3.48. The van der Waals surface area contributed by atoms with E-state index >= 15 is 0 Å². The molecule has 1 aromatic carbocycles. The summed E-state index contributed by atoms with van der Waals surface area (Å²) in [5.41, 5.74) is 1.56. The third-order valence-electron chi connectivity index (χ3n) is 5.69. The van der Waals surface area contributed by atoms with E-state index in [1.165, 1.54) is 0 Å². The van der Waals surface area contributed by atoms with Crippen molar-refractivity contribution >= 4 is 17.5 Å². The van der Waals surface area contributed by atoms with Gasteiger partial charge in [0.15, 0.2) is 0 Å². The second kappa shape index (κ2) is 7.57. The van der Waals surface area contributed by atoms with Crippen LogP contribution < -0.4 is 5.32 Å². The molecule has 1 saturated carbocycles. The molecule has 1 unspecified atom stereocenters. The molecule has 2 heterocycles. The van der Waals surface area contributed by atoms with E-state index in [1.54, 1.807) is 4.90 Å². The molecular formula is C21H23ClN4O2. The van der Waals surface area contributed by atoms with E-state index in [0.717, 1.165) is 42.7 Å². The zero-order chi connectivity index (χ0) is 19.7. The van der Waals surface area contributed by atoms with Gasteiger partial charge in [-0.25, -0.2) is 4.98 Å². The Morgan fingerprint density at radius 2 is 2.25 bits per heavy atom. The summed E-state index contributed by atoms with van der Waals surface area (Å²) >= 11 is 6.26. The number of benzene rings is 1. The van der Waals surface area contributed by atoms with Gasteiger partial charge < -0.3 is 14.6 Å². The first-order chi connectivity index (χ1) is 13.5. The number of likely N-dealkylation sites (tertiary alicyclic amines) is 1. The van der Waals surface area contributed by atoms with Crippen molar-refractivity contribution in [3.05, 3.63) is 40.7 Å². The number of rotatable bonds is 6. The fourth-order valence-electron chi connectivity index (χ4n) is 3.79. The molecule has 1 aliphatic heterocycles. The average Bonchev–Trinajstić information content (AvgIpc) is 3.11. The van der Waals surface area contributed by atoms with Crippen LogP contribution >= 0.6 is 11.6 Å². The van der Waals surface area contributed by atoms with E-state index in [9.17, 15) is 10.1 Å². The number of oxazole rings is 1. The summed E-state index contributed by atoms with van der Waals surface area (Å²) in [7, 11) is 0. The molecule has 0 spiro atoms. The molecule has 1 N–H and O–H groups in total. The Balaban J connectivity index is 1.41. The SMILES string of the molecule is Cc1oc(-c2ccccc2Cl)nc1CC1(NCC(=O)N2CCCC2C#N)CC1. The van der Waals surface area contributed by atoms with Crippen LogP contribution in [0.25, 0.3) is 11.5 Å². The van der Waals surface area contributed by atoms with Gasteiger partial charge in [0, 0.05) is 18.5 Å². The predicted molar refractivity (Wildman–Crippen MR) is 106 cm³/mol. The van der Waals surface area contributed by atoms with Crippen LogP contribution in [0.5, 0.6) is 0 Å². The van der Waals surface area contributed by atoms with Gasteiger partial charge in [-0.1, -0.05) is 23.7 Å². The maximum absolute atomic E-state index is 12.5. The van der Waals surface area contributed by atoms with Crippen molar-refractivity contribution in [1.29, 1.82) is 5.26 Å². The molecule has 2 fully saturated rings. The topological polar surface area (TPSA) is 82.2 Å². The van der Waals surface area contributed by atoms with E-state index in [-0.39, 0.29) is 24.0 Å². The summed E-state index contributed by atoms with van der Waals surface area (Å²) in [6.45, 7) is 2.84. The highest BCUT2D eigenvalue weighted by Gasteiger charge is 2.44. The molecule has 1 saturated heterocycles. The van der Waals surface area contributed by atoms with Gasteiger partial charge in [-0.15, -0.1) is 0 Å². The summed E-state index contributed by atoms with van der Waals surface area (Å²) in [5.74, 6) is 1.31. The molecule has 0 radical (unpaired) electrons. The second-order valence-corrected chi connectivity index (χ2v) is 8.09. The number of hydrogen-bond donors (Lipinski definition) is 1. The van der Waals surface area contributed by atoms with Crippen molar-refractivity contribution in [3.8, 4) is 17.5 Å². The minimum atomic E-state index is -0.277. The summed E-state index contributed by atoms with van der Waals surface area (Å²) in [6, 6.07) is 9.43. The number of aryl methyl sites for hydroxylation is 1. The standard InChI is InChI=1S/C21H23ClN4O2/c1-14-18(25-20(28-14)16-6-2-3-7-17(16)22)11-21(8-9-21)24-13-19(27)26-10-4-5-15(26)12-23/h2-3,6-7,15,24H,4-5,8-11,13H2,1H3. The normalized spacial score (nSPS) is 20.2. The smallest absolute Gasteiger partial charge is 0.237 e. The van der Waals surface area contributed by atoms with E-state index in [0.29, 0.717) is 23.9 Å². The fraction of sp³-hybridized carbons (Fsp3) is 0.476. The Morgan fingerprint density at radius 3 is 2.96 bits per heavy atom. The van der Waals surface area contributed by atoms with Crippen LogP contribution in [0.1, 0.15) is 37.1 Å². The first-order valence-corrected chi connectivity index (χ1v) is 10.0. The molecule has 2 aliphatic rings. The molecule has 7 heteroatoms. The lowest BCUT2D eigenvalue weighted by molar-refractivity contribution is -0.130. The summed E-state index contributed by atoms with van der Waals surface area (Å²) in [4.78, 5) is 18.9. The first-order valence-electron chi connectivity index (χ1n) is 9.67. The van der Waals surface area contributed by atoms with E-state index in [4.69, 9.17) is 16.0 Å². The number of aromatic nitrogens is 1. The van der Waals surface area contributed by atoms with Crippen molar-refractivity contribution in [2.24, 2.45) is 0 Å². The third kappa shape index (κ3) is 3.78. The molecule has 1 atom stereocenters. The van der Waals surface area contributed by atoms with E-state index in [1.807, 2.05) is 31.2 Å². The molecule has 6 nitrogen and oxygen atoms in total. The van der Waals surface area contributed by atoms with Gasteiger partial charge in [-0.3, -0.25) is 4.79 Å². The quantitative estimate of drug-likeness (QED) is 0.805. The number of amides is 1. The molecule has 146 valence electrons. The summed E-state index contributed by atoms with van der Waals surface area (Å²) in [6.07, 6.45) is 4.38. The first kappa shape index (κ1) is 19.0. The minimum absolute atomic E-state index is 0.00366. The van der Waals surface area contributed by atoms with Crippen LogP contribution in [0.15, 0.2) is 28.7 Å². The van der Waals surface area contributed by atoms with Crippen LogP contribution in [-0.2, 0) is 11.2 Å². The highest BCUT2D eigenvalue weighted by Crippen LogP contribution is 2.40. The summed E-state index contributed by atoms with van der Waals surface area (Å²) in [5, 5.41) is 13.2. The number of nitrogens with zero attached hydrogens (tertiary/aromatic N) is 3. The van der Waals surface area contributed by atoms with Crippen LogP contribution in [0.4, 0.5) is 0 Å². The summed E-state index contributed by atoms with van der Waals surface area (Å²) < 4.78 is 5.86. The Bertz CT molecular complexity index is 929. The monoisotopic (exact) mass is 398 g/mol.